The third-order valence-corrected chi connectivity index (χ3v) is 3.45. The van der Waals surface area contributed by atoms with E-state index in [1.807, 2.05) is 4.09 Å². The molecule has 2 rings (SSSR count). The highest BCUT2D eigenvalue weighted by molar-refractivity contribution is 7.97. The van der Waals surface area contributed by atoms with E-state index in [-0.39, 0.29) is 0 Å². The molecule has 0 bridgehead atoms. The Hall–Kier alpha value is -0.480. The summed E-state index contributed by atoms with van der Waals surface area (Å²) in [5, 5.41) is 4.53. The van der Waals surface area contributed by atoms with Crippen molar-refractivity contribution >= 4 is 11.9 Å². The molecule has 3 nitrogen and oxygen atoms in total. The van der Waals surface area contributed by atoms with Crippen LogP contribution in [0.15, 0.2) is 6.20 Å². The third-order valence-electron chi connectivity index (χ3n) is 2.89. The molecule has 0 saturated carbocycles. The SMILES string of the molecule is CCCCCN1Cc2cn(SC)nc2C1. The maximum atomic E-state index is 4.53. The largest absolute Gasteiger partial charge is 0.293 e. The molecule has 1 aliphatic heterocycles. The second-order valence-corrected chi connectivity index (χ2v) is 4.84. The number of nitrogens with zero attached hydrogens (tertiary/aromatic N) is 3. The van der Waals surface area contributed by atoms with Crippen LogP contribution in [0, 0.1) is 0 Å². The van der Waals surface area contributed by atoms with Gasteiger partial charge < -0.3 is 0 Å². The van der Waals surface area contributed by atoms with Gasteiger partial charge in [-0.3, -0.25) is 4.90 Å². The normalized spacial score (nSPS) is 15.9. The molecule has 0 aliphatic carbocycles. The lowest BCUT2D eigenvalue weighted by Crippen LogP contribution is -2.18. The van der Waals surface area contributed by atoms with Crippen molar-refractivity contribution in [3.63, 3.8) is 0 Å². The maximum Gasteiger partial charge on any atom is 0.0820 e. The van der Waals surface area contributed by atoms with E-state index in [2.05, 4.69) is 29.4 Å². The van der Waals surface area contributed by atoms with Crippen LogP contribution in [-0.4, -0.2) is 26.9 Å². The lowest BCUT2D eigenvalue weighted by molar-refractivity contribution is 0.274. The van der Waals surface area contributed by atoms with E-state index in [4.69, 9.17) is 0 Å². The fourth-order valence-corrected chi connectivity index (χ4v) is 2.44. The highest BCUT2D eigenvalue weighted by Crippen LogP contribution is 2.22. The molecular formula is C11H19N3S. The minimum absolute atomic E-state index is 1.05. The zero-order valence-corrected chi connectivity index (χ0v) is 10.4. The Balaban J connectivity index is 1.84. The molecule has 1 aliphatic rings. The monoisotopic (exact) mass is 225 g/mol. The van der Waals surface area contributed by atoms with Gasteiger partial charge in [-0.2, -0.15) is 5.10 Å². The molecule has 0 aromatic carbocycles. The fraction of sp³-hybridized carbons (Fsp3) is 0.727. The summed E-state index contributed by atoms with van der Waals surface area (Å²) < 4.78 is 1.97. The van der Waals surface area contributed by atoms with E-state index in [1.54, 1.807) is 11.9 Å². The van der Waals surface area contributed by atoms with E-state index in [9.17, 15) is 0 Å². The van der Waals surface area contributed by atoms with Crippen molar-refractivity contribution in [2.24, 2.45) is 0 Å². The molecule has 0 N–H and O–H groups in total. The van der Waals surface area contributed by atoms with Crippen LogP contribution in [0.2, 0.25) is 0 Å². The van der Waals surface area contributed by atoms with Crippen LogP contribution in [0.4, 0.5) is 0 Å². The smallest absolute Gasteiger partial charge is 0.0820 e. The number of fused-ring (bicyclic) bond motifs is 1. The Bertz CT molecular complexity index is 298. The average molecular weight is 225 g/mol. The topological polar surface area (TPSA) is 21.1 Å². The predicted octanol–water partition coefficient (Wildman–Crippen LogP) is 2.52. The Kier molecular flexibility index (Phi) is 3.70. The molecule has 1 aromatic heterocycles. The van der Waals surface area contributed by atoms with Crippen LogP contribution in [-0.2, 0) is 13.1 Å². The molecule has 84 valence electrons. The highest BCUT2D eigenvalue weighted by atomic mass is 32.2. The number of unbranched alkanes of at least 4 members (excludes halogenated alkanes) is 2. The molecular weight excluding hydrogens is 206 g/mol. The third kappa shape index (κ3) is 2.55. The predicted molar refractivity (Wildman–Crippen MR) is 64.8 cm³/mol. The second kappa shape index (κ2) is 5.03. The Morgan fingerprint density at radius 3 is 2.93 bits per heavy atom. The van der Waals surface area contributed by atoms with Crippen LogP contribution in [0.1, 0.15) is 37.4 Å². The van der Waals surface area contributed by atoms with Crippen LogP contribution < -0.4 is 0 Å². The number of hydrogen-bond donors (Lipinski definition) is 0. The first-order valence-electron chi connectivity index (χ1n) is 5.67. The van der Waals surface area contributed by atoms with E-state index in [1.165, 1.54) is 37.1 Å². The van der Waals surface area contributed by atoms with Crippen molar-refractivity contribution in [1.29, 1.82) is 0 Å². The summed E-state index contributed by atoms with van der Waals surface area (Å²) in [5.41, 5.74) is 2.70. The van der Waals surface area contributed by atoms with E-state index >= 15 is 0 Å². The quantitative estimate of drug-likeness (QED) is 0.718. The molecule has 0 atom stereocenters. The van der Waals surface area contributed by atoms with Crippen LogP contribution >= 0.6 is 11.9 Å². The molecule has 15 heavy (non-hydrogen) atoms. The van der Waals surface area contributed by atoms with Crippen LogP contribution in [0.3, 0.4) is 0 Å². The Morgan fingerprint density at radius 2 is 2.27 bits per heavy atom. The van der Waals surface area contributed by atoms with Crippen molar-refractivity contribution in [3.8, 4) is 0 Å². The summed E-state index contributed by atoms with van der Waals surface area (Å²) in [6, 6.07) is 0. The summed E-state index contributed by atoms with van der Waals surface area (Å²) in [6.07, 6.45) is 8.20. The molecule has 0 unspecified atom stereocenters. The van der Waals surface area contributed by atoms with Gasteiger partial charge in [-0.25, -0.2) is 4.09 Å². The van der Waals surface area contributed by atoms with Gasteiger partial charge in [-0.15, -0.1) is 0 Å². The standard InChI is InChI=1S/C11H19N3S/c1-3-4-5-6-13-7-10-8-14(15-2)12-11(10)9-13/h8H,3-7,9H2,1-2H3. The van der Waals surface area contributed by atoms with Crippen molar-refractivity contribution in [1.82, 2.24) is 14.1 Å². The van der Waals surface area contributed by atoms with Gasteiger partial charge in [-0.1, -0.05) is 19.8 Å². The molecule has 4 heteroatoms. The maximum absolute atomic E-state index is 4.53. The highest BCUT2D eigenvalue weighted by Gasteiger charge is 2.21. The minimum Gasteiger partial charge on any atom is -0.293 e. The lowest BCUT2D eigenvalue weighted by Gasteiger charge is -2.14. The van der Waals surface area contributed by atoms with E-state index < -0.39 is 0 Å². The van der Waals surface area contributed by atoms with Crippen molar-refractivity contribution < 1.29 is 0 Å². The molecule has 2 heterocycles. The van der Waals surface area contributed by atoms with Gasteiger partial charge in [0, 0.05) is 31.1 Å². The Labute approximate surface area is 96.0 Å². The van der Waals surface area contributed by atoms with Gasteiger partial charge in [0.05, 0.1) is 5.69 Å². The summed E-state index contributed by atoms with van der Waals surface area (Å²) in [6.45, 7) is 5.62. The molecule has 0 saturated heterocycles. The Morgan fingerprint density at radius 1 is 1.40 bits per heavy atom. The van der Waals surface area contributed by atoms with E-state index in [0.29, 0.717) is 0 Å². The molecule has 0 spiro atoms. The number of aromatic nitrogens is 2. The number of rotatable bonds is 5. The second-order valence-electron chi connectivity index (χ2n) is 4.10. The van der Waals surface area contributed by atoms with Crippen molar-refractivity contribution in [3.05, 3.63) is 17.5 Å². The van der Waals surface area contributed by atoms with Gasteiger partial charge in [0.15, 0.2) is 0 Å². The van der Waals surface area contributed by atoms with Gasteiger partial charge in [0.1, 0.15) is 0 Å². The van der Waals surface area contributed by atoms with Crippen LogP contribution in [0.25, 0.3) is 0 Å². The van der Waals surface area contributed by atoms with E-state index in [0.717, 1.165) is 13.1 Å². The zero-order chi connectivity index (χ0) is 10.7. The summed E-state index contributed by atoms with van der Waals surface area (Å²) in [7, 11) is 0. The molecule has 1 aromatic rings. The zero-order valence-electron chi connectivity index (χ0n) is 9.57. The van der Waals surface area contributed by atoms with Gasteiger partial charge in [-0.05, 0) is 24.9 Å². The van der Waals surface area contributed by atoms with Crippen molar-refractivity contribution in [2.45, 2.75) is 39.3 Å². The van der Waals surface area contributed by atoms with Crippen molar-refractivity contribution in [2.75, 3.05) is 12.8 Å². The first-order valence-corrected chi connectivity index (χ1v) is 6.86. The van der Waals surface area contributed by atoms with Crippen LogP contribution in [0.5, 0.6) is 0 Å². The first kappa shape index (κ1) is 11.0. The van der Waals surface area contributed by atoms with Gasteiger partial charge >= 0.3 is 0 Å². The summed E-state index contributed by atoms with van der Waals surface area (Å²) in [4.78, 5) is 2.50. The van der Waals surface area contributed by atoms with Gasteiger partial charge in [0.25, 0.3) is 0 Å². The fourth-order valence-electron chi connectivity index (χ4n) is 2.03. The summed E-state index contributed by atoms with van der Waals surface area (Å²) in [5.74, 6) is 0. The average Bonchev–Trinajstić information content (AvgIpc) is 2.75. The molecule has 0 fully saturated rings. The van der Waals surface area contributed by atoms with Gasteiger partial charge in [0.2, 0.25) is 0 Å². The minimum atomic E-state index is 1.05. The first-order chi connectivity index (χ1) is 7.33. The lowest BCUT2D eigenvalue weighted by atomic mass is 10.2. The molecule has 0 amide bonds. The number of hydrogen-bond acceptors (Lipinski definition) is 3. The molecule has 0 radical (unpaired) electrons. The summed E-state index contributed by atoms with van der Waals surface area (Å²) >= 11 is 1.66.